The number of carbonyl (C=O) groups is 1. The van der Waals surface area contributed by atoms with Crippen molar-refractivity contribution in [3.8, 4) is 0 Å². The molecular weight excluding hydrogens is 442 g/mol. The number of carbonyl (C=O) groups excluding carboxylic acids is 1. The summed E-state index contributed by atoms with van der Waals surface area (Å²) in [6.07, 6.45) is 0.928. The van der Waals surface area contributed by atoms with E-state index >= 15 is 0 Å². The average Bonchev–Trinajstić information content (AvgIpc) is 3.07. The Labute approximate surface area is 186 Å². The van der Waals surface area contributed by atoms with E-state index in [1.807, 2.05) is 36.4 Å². The molecule has 3 aromatic rings. The molecule has 0 spiro atoms. The zero-order valence-corrected chi connectivity index (χ0v) is 19.2. The third-order valence-corrected chi connectivity index (χ3v) is 6.38. The third kappa shape index (κ3) is 4.74. The number of halogens is 1. The molecule has 1 aromatic heterocycles. The van der Waals surface area contributed by atoms with E-state index < -0.39 is 0 Å². The highest BCUT2D eigenvalue weighted by atomic mass is 79.9. The first-order valence-electron chi connectivity index (χ1n) is 10.5. The molecule has 4 rings (SSSR count). The van der Waals surface area contributed by atoms with E-state index in [1.54, 1.807) is 6.07 Å². The summed E-state index contributed by atoms with van der Waals surface area (Å²) < 4.78 is 3.05. The second-order valence-corrected chi connectivity index (χ2v) is 8.70. The Balaban J connectivity index is 1.43. The maximum Gasteiger partial charge on any atom is 0.255 e. The van der Waals surface area contributed by atoms with Gasteiger partial charge in [0.15, 0.2) is 0 Å². The molecule has 1 aliphatic rings. The molecule has 0 unspecified atom stereocenters. The number of benzene rings is 2. The maximum atomic E-state index is 12.5. The standard InChI is InChI=1S/C23H28BrN5O/c1-3-28-11-13-29(14-12-28)10-9-22-26-20-16-19(7-8-21(20)27(22)2)25-23(30)17-5-4-6-18(24)15-17/h4-8,15-16H,3,9-14H2,1-2H3,(H,25,30). The zero-order chi connectivity index (χ0) is 21.1. The molecule has 0 radical (unpaired) electrons. The Morgan fingerprint density at radius 3 is 2.60 bits per heavy atom. The number of nitrogens with one attached hydrogen (secondary N) is 1. The summed E-state index contributed by atoms with van der Waals surface area (Å²) in [5.74, 6) is 0.955. The largest absolute Gasteiger partial charge is 0.331 e. The fourth-order valence-corrected chi connectivity index (χ4v) is 4.37. The van der Waals surface area contributed by atoms with Gasteiger partial charge in [0.25, 0.3) is 5.91 Å². The number of nitrogens with zero attached hydrogens (tertiary/aromatic N) is 4. The van der Waals surface area contributed by atoms with E-state index in [1.165, 1.54) is 0 Å². The van der Waals surface area contributed by atoms with Crippen LogP contribution in [-0.4, -0.2) is 64.5 Å². The van der Waals surface area contributed by atoms with Crippen LogP contribution in [-0.2, 0) is 13.5 Å². The molecule has 0 aliphatic carbocycles. The lowest BCUT2D eigenvalue weighted by Gasteiger charge is -2.33. The quantitative estimate of drug-likeness (QED) is 0.596. The maximum absolute atomic E-state index is 12.5. The van der Waals surface area contributed by atoms with Crippen LogP contribution in [0.3, 0.4) is 0 Å². The van der Waals surface area contributed by atoms with Crippen molar-refractivity contribution in [3.63, 3.8) is 0 Å². The summed E-state index contributed by atoms with van der Waals surface area (Å²) in [4.78, 5) is 22.4. The first-order chi connectivity index (χ1) is 14.5. The predicted octanol–water partition coefficient (Wildman–Crippen LogP) is 3.77. The summed E-state index contributed by atoms with van der Waals surface area (Å²) in [5, 5.41) is 2.98. The van der Waals surface area contributed by atoms with Crippen LogP contribution in [0.15, 0.2) is 46.9 Å². The van der Waals surface area contributed by atoms with E-state index in [2.05, 4.69) is 49.6 Å². The number of hydrogen-bond donors (Lipinski definition) is 1. The van der Waals surface area contributed by atoms with Crippen LogP contribution in [0.25, 0.3) is 11.0 Å². The van der Waals surface area contributed by atoms with Crippen LogP contribution in [0, 0.1) is 0 Å². The van der Waals surface area contributed by atoms with Gasteiger partial charge in [0.2, 0.25) is 0 Å². The monoisotopic (exact) mass is 469 g/mol. The molecule has 1 N–H and O–H groups in total. The smallest absolute Gasteiger partial charge is 0.255 e. The highest BCUT2D eigenvalue weighted by Gasteiger charge is 2.17. The molecule has 1 fully saturated rings. The lowest BCUT2D eigenvalue weighted by molar-refractivity contribution is 0.102. The fourth-order valence-electron chi connectivity index (χ4n) is 3.97. The molecule has 2 aromatic carbocycles. The van der Waals surface area contributed by atoms with Crippen LogP contribution in [0.4, 0.5) is 5.69 Å². The lowest BCUT2D eigenvalue weighted by Crippen LogP contribution is -2.46. The Hall–Kier alpha value is -2.22. The van der Waals surface area contributed by atoms with Crippen molar-refractivity contribution >= 4 is 38.6 Å². The molecule has 7 heteroatoms. The van der Waals surface area contributed by atoms with Gasteiger partial charge in [-0.3, -0.25) is 4.79 Å². The van der Waals surface area contributed by atoms with E-state index in [0.29, 0.717) is 5.56 Å². The number of likely N-dealkylation sites (N-methyl/N-ethyl adjacent to an activating group) is 1. The van der Waals surface area contributed by atoms with Gasteiger partial charge in [-0.2, -0.15) is 0 Å². The molecule has 1 amide bonds. The van der Waals surface area contributed by atoms with Crippen molar-refractivity contribution < 1.29 is 4.79 Å². The Bertz CT molecular complexity index is 1040. The topological polar surface area (TPSA) is 53.4 Å². The molecule has 30 heavy (non-hydrogen) atoms. The number of aryl methyl sites for hydroxylation is 1. The Morgan fingerprint density at radius 2 is 1.87 bits per heavy atom. The molecule has 0 saturated carbocycles. The molecule has 158 valence electrons. The van der Waals surface area contributed by atoms with Crippen molar-refractivity contribution in [2.45, 2.75) is 13.3 Å². The van der Waals surface area contributed by atoms with E-state index in [-0.39, 0.29) is 5.91 Å². The number of amides is 1. The molecular formula is C23H28BrN5O. The number of imidazole rings is 1. The first kappa shape index (κ1) is 21.0. The fraction of sp³-hybridized carbons (Fsp3) is 0.391. The first-order valence-corrected chi connectivity index (χ1v) is 11.3. The highest BCUT2D eigenvalue weighted by molar-refractivity contribution is 9.10. The minimum Gasteiger partial charge on any atom is -0.331 e. The van der Waals surface area contributed by atoms with Gasteiger partial charge in [0.05, 0.1) is 11.0 Å². The van der Waals surface area contributed by atoms with Crippen LogP contribution >= 0.6 is 15.9 Å². The van der Waals surface area contributed by atoms with Gasteiger partial charge < -0.3 is 19.7 Å². The summed E-state index contributed by atoms with van der Waals surface area (Å²) in [7, 11) is 2.07. The molecule has 0 atom stereocenters. The second kappa shape index (κ2) is 9.29. The van der Waals surface area contributed by atoms with Crippen molar-refractivity contribution in [3.05, 3.63) is 58.3 Å². The van der Waals surface area contributed by atoms with Crippen molar-refractivity contribution in [1.29, 1.82) is 0 Å². The minimum atomic E-state index is -0.127. The van der Waals surface area contributed by atoms with Crippen LogP contribution in [0.1, 0.15) is 23.1 Å². The third-order valence-electron chi connectivity index (χ3n) is 5.88. The predicted molar refractivity (Wildman–Crippen MR) is 125 cm³/mol. The van der Waals surface area contributed by atoms with E-state index in [9.17, 15) is 4.79 Å². The van der Waals surface area contributed by atoms with Gasteiger partial charge in [-0.15, -0.1) is 0 Å². The molecule has 1 saturated heterocycles. The number of piperazine rings is 1. The van der Waals surface area contributed by atoms with Gasteiger partial charge >= 0.3 is 0 Å². The summed E-state index contributed by atoms with van der Waals surface area (Å²) >= 11 is 3.41. The van der Waals surface area contributed by atoms with Crippen LogP contribution in [0.5, 0.6) is 0 Å². The highest BCUT2D eigenvalue weighted by Crippen LogP contribution is 2.21. The number of aromatic nitrogens is 2. The average molecular weight is 470 g/mol. The zero-order valence-electron chi connectivity index (χ0n) is 17.6. The van der Waals surface area contributed by atoms with E-state index in [0.717, 1.165) is 72.7 Å². The van der Waals surface area contributed by atoms with Gasteiger partial charge in [0.1, 0.15) is 5.82 Å². The second-order valence-electron chi connectivity index (χ2n) is 7.78. The normalized spacial score (nSPS) is 15.6. The minimum absolute atomic E-state index is 0.127. The lowest BCUT2D eigenvalue weighted by atomic mass is 10.2. The Kier molecular flexibility index (Phi) is 6.51. The van der Waals surface area contributed by atoms with Crippen molar-refractivity contribution in [2.75, 3.05) is 44.6 Å². The summed E-state index contributed by atoms with van der Waals surface area (Å²) in [6.45, 7) is 8.96. The molecule has 0 bridgehead atoms. The number of fused-ring (bicyclic) bond motifs is 1. The molecule has 6 nitrogen and oxygen atoms in total. The van der Waals surface area contributed by atoms with Gasteiger partial charge in [-0.25, -0.2) is 4.98 Å². The molecule has 2 heterocycles. The summed E-state index contributed by atoms with van der Waals surface area (Å²) in [6, 6.07) is 13.3. The van der Waals surface area contributed by atoms with Crippen molar-refractivity contribution in [2.24, 2.45) is 7.05 Å². The summed E-state index contributed by atoms with van der Waals surface area (Å²) in [5.41, 5.74) is 3.37. The number of hydrogen-bond acceptors (Lipinski definition) is 4. The number of rotatable bonds is 6. The SMILES string of the molecule is CCN1CCN(CCc2nc3cc(NC(=O)c4cccc(Br)c4)ccc3n2C)CC1. The van der Waals surface area contributed by atoms with Crippen LogP contribution in [0.2, 0.25) is 0 Å². The van der Waals surface area contributed by atoms with Gasteiger partial charge in [-0.05, 0) is 42.9 Å². The van der Waals surface area contributed by atoms with Gasteiger partial charge in [0, 0.05) is 61.9 Å². The molecule has 1 aliphatic heterocycles. The number of anilines is 1. The van der Waals surface area contributed by atoms with E-state index in [4.69, 9.17) is 4.98 Å². The Morgan fingerprint density at radius 1 is 1.10 bits per heavy atom. The van der Waals surface area contributed by atoms with Gasteiger partial charge in [-0.1, -0.05) is 28.9 Å². The van der Waals surface area contributed by atoms with Crippen molar-refractivity contribution in [1.82, 2.24) is 19.4 Å². The van der Waals surface area contributed by atoms with Crippen LogP contribution < -0.4 is 5.32 Å².